The summed E-state index contributed by atoms with van der Waals surface area (Å²) in [6, 6.07) is 4.02. The molecular weight excluding hydrogens is 436 g/mol. The number of aliphatic hydroxyl groups excluding tert-OH is 1. The van der Waals surface area contributed by atoms with Crippen molar-refractivity contribution in [1.29, 1.82) is 0 Å². The summed E-state index contributed by atoms with van der Waals surface area (Å²) in [7, 11) is 0. The second kappa shape index (κ2) is 9.96. The number of rotatable bonds is 10. The van der Waals surface area contributed by atoms with Gasteiger partial charge in [0.1, 0.15) is 0 Å². The van der Waals surface area contributed by atoms with Gasteiger partial charge in [-0.15, -0.1) is 0 Å². The van der Waals surface area contributed by atoms with Crippen molar-refractivity contribution in [2.24, 2.45) is 0 Å². The monoisotopic (exact) mass is 456 g/mol. The Kier molecular flexibility index (Phi) is 7.08. The van der Waals surface area contributed by atoms with Crippen LogP contribution in [0, 0.1) is 10.1 Å². The van der Waals surface area contributed by atoms with Crippen molar-refractivity contribution >= 4 is 35.2 Å². The molecule has 0 saturated carbocycles. The van der Waals surface area contributed by atoms with Crippen LogP contribution < -0.4 is 0 Å². The number of nitrogens with zero attached hydrogens (tertiary/aromatic N) is 4. The SMILES string of the molecule is O=C(Cc1ccc(CO)c([N+](=O)[O-])c1)N(CCN1C(=O)C=CC1=O)CCN1C(=O)C=CC1=O. The molecule has 0 atom stereocenters. The smallest absolute Gasteiger partial charge is 0.275 e. The van der Waals surface area contributed by atoms with Gasteiger partial charge in [0, 0.05) is 56.5 Å². The summed E-state index contributed by atoms with van der Waals surface area (Å²) in [6.45, 7) is -0.842. The zero-order valence-electron chi connectivity index (χ0n) is 17.4. The highest BCUT2D eigenvalue weighted by molar-refractivity contribution is 6.13. The quantitative estimate of drug-likeness (QED) is 0.275. The van der Waals surface area contributed by atoms with Crippen molar-refractivity contribution in [3.05, 3.63) is 63.7 Å². The number of nitro benzene ring substituents is 1. The molecule has 5 amide bonds. The van der Waals surface area contributed by atoms with Crippen LogP contribution in [0.4, 0.5) is 5.69 Å². The molecule has 1 aromatic rings. The van der Waals surface area contributed by atoms with E-state index in [0.29, 0.717) is 5.56 Å². The lowest BCUT2D eigenvalue weighted by Crippen LogP contribution is -2.45. The van der Waals surface area contributed by atoms with Crippen LogP contribution in [-0.4, -0.2) is 80.4 Å². The fourth-order valence-electron chi connectivity index (χ4n) is 3.42. The van der Waals surface area contributed by atoms with Crippen LogP contribution in [0.15, 0.2) is 42.5 Å². The summed E-state index contributed by atoms with van der Waals surface area (Å²) in [6.07, 6.45) is 4.22. The first-order valence-corrected chi connectivity index (χ1v) is 9.93. The minimum Gasteiger partial charge on any atom is -0.391 e. The van der Waals surface area contributed by atoms with Crippen molar-refractivity contribution in [2.75, 3.05) is 26.2 Å². The molecule has 0 unspecified atom stereocenters. The van der Waals surface area contributed by atoms with Crippen LogP contribution in [0.3, 0.4) is 0 Å². The van der Waals surface area contributed by atoms with Crippen molar-refractivity contribution in [3.63, 3.8) is 0 Å². The Labute approximate surface area is 187 Å². The fourth-order valence-corrected chi connectivity index (χ4v) is 3.42. The highest BCUT2D eigenvalue weighted by Crippen LogP contribution is 2.21. The van der Waals surface area contributed by atoms with Gasteiger partial charge in [0.25, 0.3) is 29.3 Å². The number of aliphatic hydroxyl groups is 1. The number of carbonyl (C=O) groups excluding carboxylic acids is 5. The van der Waals surface area contributed by atoms with Crippen LogP contribution in [0.2, 0.25) is 0 Å². The normalized spacial score (nSPS) is 15.2. The Morgan fingerprint density at radius 3 is 1.82 bits per heavy atom. The van der Waals surface area contributed by atoms with Crippen LogP contribution in [0.5, 0.6) is 0 Å². The third-order valence-corrected chi connectivity index (χ3v) is 5.21. The summed E-state index contributed by atoms with van der Waals surface area (Å²) in [4.78, 5) is 73.9. The number of benzene rings is 1. The van der Waals surface area contributed by atoms with E-state index in [1.807, 2.05) is 0 Å². The molecule has 3 rings (SSSR count). The predicted molar refractivity (Wildman–Crippen MR) is 111 cm³/mol. The van der Waals surface area contributed by atoms with E-state index in [1.54, 1.807) is 0 Å². The lowest BCUT2D eigenvalue weighted by molar-refractivity contribution is -0.385. The molecule has 1 aromatic carbocycles. The summed E-state index contributed by atoms with van der Waals surface area (Å²) in [5.74, 6) is -2.55. The maximum absolute atomic E-state index is 13.0. The molecule has 2 aliphatic heterocycles. The van der Waals surface area contributed by atoms with E-state index in [2.05, 4.69) is 0 Å². The van der Waals surface area contributed by atoms with E-state index >= 15 is 0 Å². The molecule has 12 nitrogen and oxygen atoms in total. The third kappa shape index (κ3) is 5.36. The summed E-state index contributed by atoms with van der Waals surface area (Å²) >= 11 is 0. The molecule has 2 heterocycles. The van der Waals surface area contributed by atoms with Gasteiger partial charge in [-0.25, -0.2) is 0 Å². The second-order valence-electron chi connectivity index (χ2n) is 7.26. The molecule has 12 heteroatoms. The van der Waals surface area contributed by atoms with Crippen molar-refractivity contribution in [3.8, 4) is 0 Å². The number of hydrogen-bond acceptors (Lipinski definition) is 8. The van der Waals surface area contributed by atoms with Gasteiger partial charge in [-0.3, -0.25) is 43.9 Å². The van der Waals surface area contributed by atoms with Gasteiger partial charge >= 0.3 is 0 Å². The summed E-state index contributed by atoms with van der Waals surface area (Å²) in [5.41, 5.74) is 0.0945. The van der Waals surface area contributed by atoms with Gasteiger partial charge in [-0.05, 0) is 11.6 Å². The number of amides is 5. The van der Waals surface area contributed by atoms with E-state index in [0.717, 1.165) is 34.1 Å². The molecule has 0 radical (unpaired) electrons. The largest absolute Gasteiger partial charge is 0.391 e. The fraction of sp³-hybridized carbons (Fsp3) is 0.286. The molecule has 0 bridgehead atoms. The maximum atomic E-state index is 13.0. The molecule has 33 heavy (non-hydrogen) atoms. The second-order valence-corrected chi connectivity index (χ2v) is 7.26. The van der Waals surface area contributed by atoms with Gasteiger partial charge in [0.15, 0.2) is 0 Å². The van der Waals surface area contributed by atoms with Gasteiger partial charge in [0.2, 0.25) is 5.91 Å². The summed E-state index contributed by atoms with van der Waals surface area (Å²) in [5, 5.41) is 20.5. The molecule has 172 valence electrons. The lowest BCUT2D eigenvalue weighted by atomic mass is 10.1. The highest BCUT2D eigenvalue weighted by atomic mass is 16.6. The van der Waals surface area contributed by atoms with Crippen LogP contribution >= 0.6 is 0 Å². The Hall–Kier alpha value is -4.19. The Balaban J connectivity index is 1.73. The van der Waals surface area contributed by atoms with Gasteiger partial charge in [-0.2, -0.15) is 0 Å². The van der Waals surface area contributed by atoms with Crippen LogP contribution in [0.1, 0.15) is 11.1 Å². The zero-order chi connectivity index (χ0) is 24.1. The first kappa shape index (κ1) is 23.5. The summed E-state index contributed by atoms with van der Waals surface area (Å²) < 4.78 is 0. The lowest BCUT2D eigenvalue weighted by Gasteiger charge is -2.27. The molecule has 0 spiro atoms. The van der Waals surface area contributed by atoms with E-state index in [9.17, 15) is 39.2 Å². The number of imide groups is 2. The highest BCUT2D eigenvalue weighted by Gasteiger charge is 2.27. The van der Waals surface area contributed by atoms with Crippen molar-refractivity contribution < 1.29 is 34.0 Å². The minimum atomic E-state index is -0.660. The predicted octanol–water partition coefficient (Wildman–Crippen LogP) is -0.692. The van der Waals surface area contributed by atoms with Crippen molar-refractivity contribution in [2.45, 2.75) is 13.0 Å². The molecule has 0 saturated heterocycles. The first-order valence-electron chi connectivity index (χ1n) is 9.93. The van der Waals surface area contributed by atoms with Gasteiger partial charge < -0.3 is 10.0 Å². The van der Waals surface area contributed by atoms with E-state index in [1.165, 1.54) is 23.1 Å². The Bertz CT molecular complexity index is 1010. The topological polar surface area (TPSA) is 158 Å². The van der Waals surface area contributed by atoms with Crippen LogP contribution in [-0.2, 0) is 37.0 Å². The Morgan fingerprint density at radius 1 is 0.909 bits per heavy atom. The average Bonchev–Trinajstić information content (AvgIpc) is 3.28. The van der Waals surface area contributed by atoms with Crippen LogP contribution in [0.25, 0.3) is 0 Å². The molecule has 2 aliphatic rings. The van der Waals surface area contributed by atoms with Crippen molar-refractivity contribution in [1.82, 2.24) is 14.7 Å². The Morgan fingerprint density at radius 2 is 1.39 bits per heavy atom. The van der Waals surface area contributed by atoms with E-state index < -0.39 is 41.1 Å². The molecule has 1 N–H and O–H groups in total. The number of carbonyl (C=O) groups is 5. The molecule has 0 aromatic heterocycles. The maximum Gasteiger partial charge on any atom is 0.275 e. The van der Waals surface area contributed by atoms with Gasteiger partial charge in [-0.1, -0.05) is 6.07 Å². The molecular formula is C21H20N4O8. The first-order chi connectivity index (χ1) is 15.7. The standard InChI is InChI=1S/C21H20N4O8/c26-13-15-2-1-14(11-16(15)25(32)33)12-21(31)22(7-9-23-17(27)3-4-18(23)28)8-10-24-19(29)5-6-20(24)30/h1-6,11,26H,7-10,12-13H2. The molecule has 0 fully saturated rings. The minimum absolute atomic E-state index is 0.0571. The zero-order valence-corrected chi connectivity index (χ0v) is 17.4. The average molecular weight is 456 g/mol. The number of nitro groups is 1. The molecule has 0 aliphatic carbocycles. The van der Waals surface area contributed by atoms with E-state index in [-0.39, 0.29) is 43.9 Å². The van der Waals surface area contributed by atoms with E-state index in [4.69, 9.17) is 0 Å². The third-order valence-electron chi connectivity index (χ3n) is 5.21. The number of hydrogen-bond donors (Lipinski definition) is 1. The van der Waals surface area contributed by atoms with Gasteiger partial charge in [0.05, 0.1) is 23.5 Å².